The Kier molecular flexibility index (Phi) is 5.65. The number of likely N-dealkylation sites (tertiary alicyclic amines) is 1. The van der Waals surface area contributed by atoms with Gasteiger partial charge in [0.2, 0.25) is 0 Å². The second kappa shape index (κ2) is 7.28. The van der Waals surface area contributed by atoms with E-state index in [-0.39, 0.29) is 5.54 Å². The number of rotatable bonds is 6. The molecule has 0 saturated carbocycles. The third kappa shape index (κ3) is 3.78. The van der Waals surface area contributed by atoms with Gasteiger partial charge in [-0.05, 0) is 37.8 Å². The summed E-state index contributed by atoms with van der Waals surface area (Å²) in [6.45, 7) is 12.1. The van der Waals surface area contributed by atoms with Crippen LogP contribution in [0, 0.1) is 5.92 Å². The number of likely N-dealkylation sites (N-methyl/N-ethyl adjacent to an activating group) is 1. The van der Waals surface area contributed by atoms with E-state index in [1.807, 2.05) is 0 Å². The monoisotopic (exact) mass is 289 g/mol. The summed E-state index contributed by atoms with van der Waals surface area (Å²) in [7, 11) is 0. The van der Waals surface area contributed by atoms with Crippen LogP contribution in [0.1, 0.15) is 33.6 Å². The molecule has 3 heteroatoms. The fraction of sp³-hybridized carbons (Fsp3) is 0.667. The number of benzene rings is 1. The van der Waals surface area contributed by atoms with Crippen molar-refractivity contribution in [2.24, 2.45) is 11.7 Å². The molecule has 118 valence electrons. The van der Waals surface area contributed by atoms with Crippen molar-refractivity contribution in [1.29, 1.82) is 0 Å². The minimum absolute atomic E-state index is 0.129. The lowest BCUT2D eigenvalue weighted by atomic mass is 9.84. The topological polar surface area (TPSA) is 32.5 Å². The highest BCUT2D eigenvalue weighted by atomic mass is 15.2. The minimum Gasteiger partial charge on any atom is -0.365 e. The third-order valence-electron chi connectivity index (χ3n) is 4.75. The van der Waals surface area contributed by atoms with Gasteiger partial charge in [0, 0.05) is 38.4 Å². The molecule has 1 saturated heterocycles. The highest BCUT2D eigenvalue weighted by molar-refractivity contribution is 5.49. The van der Waals surface area contributed by atoms with Gasteiger partial charge in [-0.3, -0.25) is 0 Å². The maximum absolute atomic E-state index is 6.24. The van der Waals surface area contributed by atoms with Crippen LogP contribution >= 0.6 is 0 Å². The molecule has 1 aromatic rings. The van der Waals surface area contributed by atoms with E-state index < -0.39 is 0 Å². The number of hydrogen-bond donors (Lipinski definition) is 1. The summed E-state index contributed by atoms with van der Waals surface area (Å²) in [6.07, 6.45) is 2.33. The molecule has 0 aromatic heterocycles. The lowest BCUT2D eigenvalue weighted by molar-refractivity contribution is 0.146. The molecule has 0 atom stereocenters. The second-order valence-electron chi connectivity index (χ2n) is 6.70. The minimum atomic E-state index is 0.129. The average Bonchev–Trinajstić information content (AvgIpc) is 2.50. The van der Waals surface area contributed by atoms with Crippen molar-refractivity contribution in [2.75, 3.05) is 37.6 Å². The molecule has 0 aliphatic carbocycles. The fourth-order valence-electron chi connectivity index (χ4n) is 3.65. The van der Waals surface area contributed by atoms with E-state index in [1.54, 1.807) is 0 Å². The number of anilines is 1. The Hall–Kier alpha value is -1.06. The lowest BCUT2D eigenvalue weighted by Gasteiger charge is -2.49. The molecule has 1 fully saturated rings. The Morgan fingerprint density at radius 3 is 2.29 bits per heavy atom. The molecule has 3 nitrogen and oxygen atoms in total. The van der Waals surface area contributed by atoms with E-state index in [4.69, 9.17) is 5.73 Å². The van der Waals surface area contributed by atoms with Crippen LogP contribution in [-0.2, 0) is 0 Å². The fourth-order valence-corrected chi connectivity index (χ4v) is 3.65. The molecule has 1 heterocycles. The lowest BCUT2D eigenvalue weighted by Crippen LogP contribution is -2.60. The molecule has 0 radical (unpaired) electrons. The Labute approximate surface area is 130 Å². The van der Waals surface area contributed by atoms with Crippen molar-refractivity contribution < 1.29 is 0 Å². The van der Waals surface area contributed by atoms with Gasteiger partial charge < -0.3 is 15.5 Å². The molecule has 21 heavy (non-hydrogen) atoms. The highest BCUT2D eigenvalue weighted by Crippen LogP contribution is 2.32. The smallest absolute Gasteiger partial charge is 0.0548 e. The molecule has 1 aliphatic heterocycles. The van der Waals surface area contributed by atoms with E-state index in [0.29, 0.717) is 0 Å². The first-order valence-electron chi connectivity index (χ1n) is 8.36. The number of nitrogens with two attached hydrogens (primary N) is 1. The van der Waals surface area contributed by atoms with Crippen LogP contribution < -0.4 is 10.6 Å². The van der Waals surface area contributed by atoms with Crippen LogP contribution in [0.4, 0.5) is 5.69 Å². The molecular weight excluding hydrogens is 258 g/mol. The number of para-hydroxylation sites is 1. The second-order valence-corrected chi connectivity index (χ2v) is 6.70. The SMILES string of the molecule is CCN(c1ccccc1)C1(CN)CCN(CC(C)C)CC1. The number of nitrogens with zero attached hydrogens (tertiary/aromatic N) is 2. The number of piperidine rings is 1. The molecule has 0 unspecified atom stereocenters. The zero-order chi connectivity index (χ0) is 15.3. The van der Waals surface area contributed by atoms with Crippen LogP contribution in [0.2, 0.25) is 0 Å². The quantitative estimate of drug-likeness (QED) is 0.874. The zero-order valence-electron chi connectivity index (χ0n) is 13.9. The summed E-state index contributed by atoms with van der Waals surface area (Å²) in [5.74, 6) is 0.742. The Morgan fingerprint density at radius 1 is 1.19 bits per heavy atom. The first-order valence-corrected chi connectivity index (χ1v) is 8.36. The first kappa shape index (κ1) is 16.3. The van der Waals surface area contributed by atoms with Gasteiger partial charge in [0.15, 0.2) is 0 Å². The van der Waals surface area contributed by atoms with Gasteiger partial charge in [-0.1, -0.05) is 32.0 Å². The molecular formula is C18H31N3. The summed E-state index contributed by atoms with van der Waals surface area (Å²) in [5.41, 5.74) is 7.68. The largest absolute Gasteiger partial charge is 0.365 e. The third-order valence-corrected chi connectivity index (χ3v) is 4.75. The van der Waals surface area contributed by atoms with Crippen molar-refractivity contribution in [3.63, 3.8) is 0 Å². The van der Waals surface area contributed by atoms with Gasteiger partial charge in [-0.15, -0.1) is 0 Å². The van der Waals surface area contributed by atoms with E-state index in [9.17, 15) is 0 Å². The maximum atomic E-state index is 6.24. The number of hydrogen-bond acceptors (Lipinski definition) is 3. The van der Waals surface area contributed by atoms with Crippen LogP contribution in [0.3, 0.4) is 0 Å². The molecule has 0 amide bonds. The molecule has 0 spiro atoms. The van der Waals surface area contributed by atoms with Crippen LogP contribution in [0.25, 0.3) is 0 Å². The van der Waals surface area contributed by atoms with Gasteiger partial charge in [0.1, 0.15) is 0 Å². The van der Waals surface area contributed by atoms with Crippen LogP contribution in [-0.4, -0.2) is 43.2 Å². The Bertz CT molecular complexity index is 408. The predicted molar refractivity (Wildman–Crippen MR) is 91.8 cm³/mol. The summed E-state index contributed by atoms with van der Waals surface area (Å²) in [4.78, 5) is 5.12. The molecule has 0 bridgehead atoms. The van der Waals surface area contributed by atoms with Crippen molar-refractivity contribution in [3.8, 4) is 0 Å². The van der Waals surface area contributed by atoms with E-state index in [2.05, 4.69) is 60.9 Å². The average molecular weight is 289 g/mol. The van der Waals surface area contributed by atoms with E-state index in [0.717, 1.165) is 19.0 Å². The summed E-state index contributed by atoms with van der Waals surface area (Å²) in [5, 5.41) is 0. The molecule has 2 rings (SSSR count). The van der Waals surface area contributed by atoms with E-state index in [1.165, 1.54) is 38.2 Å². The Morgan fingerprint density at radius 2 is 1.81 bits per heavy atom. The summed E-state index contributed by atoms with van der Waals surface area (Å²) >= 11 is 0. The van der Waals surface area contributed by atoms with Gasteiger partial charge in [-0.2, -0.15) is 0 Å². The normalized spacial score (nSPS) is 18.9. The first-order chi connectivity index (χ1) is 10.1. The Balaban J connectivity index is 2.11. The standard InChI is InChI=1S/C18H31N3/c1-4-21(17-8-6-5-7-9-17)18(15-19)10-12-20(13-11-18)14-16(2)3/h5-9,16H,4,10-15,19H2,1-3H3. The molecule has 1 aromatic carbocycles. The van der Waals surface area contributed by atoms with Gasteiger partial charge in [0.25, 0.3) is 0 Å². The van der Waals surface area contributed by atoms with E-state index >= 15 is 0 Å². The summed E-state index contributed by atoms with van der Waals surface area (Å²) in [6, 6.07) is 10.7. The summed E-state index contributed by atoms with van der Waals surface area (Å²) < 4.78 is 0. The van der Waals surface area contributed by atoms with Gasteiger partial charge in [0.05, 0.1) is 5.54 Å². The maximum Gasteiger partial charge on any atom is 0.0548 e. The molecule has 2 N–H and O–H groups in total. The van der Waals surface area contributed by atoms with Crippen molar-refractivity contribution in [1.82, 2.24) is 4.90 Å². The zero-order valence-corrected chi connectivity index (χ0v) is 13.9. The van der Waals surface area contributed by atoms with Crippen LogP contribution in [0.15, 0.2) is 30.3 Å². The van der Waals surface area contributed by atoms with Crippen molar-refractivity contribution in [2.45, 2.75) is 39.2 Å². The van der Waals surface area contributed by atoms with Crippen molar-refractivity contribution >= 4 is 5.69 Å². The van der Waals surface area contributed by atoms with Gasteiger partial charge >= 0.3 is 0 Å². The van der Waals surface area contributed by atoms with Crippen LogP contribution in [0.5, 0.6) is 0 Å². The predicted octanol–water partition coefficient (Wildman–Crippen LogP) is 2.96. The molecule has 1 aliphatic rings. The highest BCUT2D eigenvalue weighted by Gasteiger charge is 2.38. The van der Waals surface area contributed by atoms with Gasteiger partial charge in [-0.25, -0.2) is 0 Å². The van der Waals surface area contributed by atoms with Crippen molar-refractivity contribution in [3.05, 3.63) is 30.3 Å².